The molecule has 0 radical (unpaired) electrons. The number of rotatable bonds is 7. The quantitative estimate of drug-likeness (QED) is 0.480. The number of hydrogen-bond donors (Lipinski definition) is 2. The molecule has 0 aromatic heterocycles. The van der Waals surface area contributed by atoms with Gasteiger partial charge in [-0.3, -0.25) is 14.4 Å². The highest BCUT2D eigenvalue weighted by molar-refractivity contribution is 6.07. The Morgan fingerprint density at radius 1 is 0.848 bits per heavy atom. The zero-order valence-electron chi connectivity index (χ0n) is 17.4. The molecule has 6 nitrogen and oxygen atoms in total. The van der Waals surface area contributed by atoms with Crippen molar-refractivity contribution in [3.05, 3.63) is 89.5 Å². The van der Waals surface area contributed by atoms with E-state index >= 15 is 0 Å². The van der Waals surface area contributed by atoms with Crippen LogP contribution in [-0.2, 0) is 11.0 Å². The Morgan fingerprint density at radius 2 is 1.52 bits per heavy atom. The molecule has 0 aliphatic carbocycles. The van der Waals surface area contributed by atoms with Crippen molar-refractivity contribution in [3.63, 3.8) is 0 Å². The molecule has 0 saturated heterocycles. The summed E-state index contributed by atoms with van der Waals surface area (Å²) >= 11 is 0. The second-order valence-electron chi connectivity index (χ2n) is 7.00. The monoisotopic (exact) mass is 456 g/mol. The second kappa shape index (κ2) is 9.99. The normalized spacial score (nSPS) is 10.9. The van der Waals surface area contributed by atoms with Crippen LogP contribution in [0.5, 0.6) is 5.75 Å². The van der Waals surface area contributed by atoms with Crippen molar-refractivity contribution in [2.75, 3.05) is 17.2 Å². The van der Waals surface area contributed by atoms with Crippen LogP contribution in [-0.4, -0.2) is 24.2 Å². The van der Waals surface area contributed by atoms with E-state index in [1.807, 2.05) is 0 Å². The summed E-state index contributed by atoms with van der Waals surface area (Å²) in [5.41, 5.74) is 0.0536. The van der Waals surface area contributed by atoms with Crippen LogP contribution >= 0.6 is 0 Å². The van der Waals surface area contributed by atoms with Crippen LogP contribution in [0, 0.1) is 0 Å². The third-order valence-corrected chi connectivity index (χ3v) is 4.49. The van der Waals surface area contributed by atoms with Gasteiger partial charge in [0.2, 0.25) is 0 Å². The average Bonchev–Trinajstić information content (AvgIpc) is 2.77. The molecular formula is C24H19F3N2O4. The second-order valence-corrected chi connectivity index (χ2v) is 7.00. The highest BCUT2D eigenvalue weighted by Gasteiger charge is 2.30. The minimum absolute atomic E-state index is 0.0326. The third kappa shape index (κ3) is 6.42. The summed E-state index contributed by atoms with van der Waals surface area (Å²) in [6.45, 7) is 0.884. The van der Waals surface area contributed by atoms with Crippen LogP contribution < -0.4 is 15.4 Å². The zero-order valence-corrected chi connectivity index (χ0v) is 17.4. The van der Waals surface area contributed by atoms with Crippen molar-refractivity contribution < 1.29 is 32.3 Å². The fraction of sp³-hybridized carbons (Fsp3) is 0.125. The molecule has 0 fully saturated rings. The van der Waals surface area contributed by atoms with Gasteiger partial charge in [-0.25, -0.2) is 0 Å². The molecular weight excluding hydrogens is 437 g/mol. The van der Waals surface area contributed by atoms with Crippen LogP contribution in [0.25, 0.3) is 0 Å². The van der Waals surface area contributed by atoms with E-state index in [2.05, 4.69) is 10.6 Å². The molecule has 0 atom stereocenters. The number of para-hydroxylation sites is 1. The summed E-state index contributed by atoms with van der Waals surface area (Å²) in [5.74, 6) is -1.26. The van der Waals surface area contributed by atoms with Crippen LogP contribution in [0.3, 0.4) is 0 Å². The Hall–Kier alpha value is -4.14. The maximum atomic E-state index is 12.8. The molecule has 0 aliphatic heterocycles. The van der Waals surface area contributed by atoms with Crippen molar-refractivity contribution in [1.82, 2.24) is 0 Å². The first kappa shape index (κ1) is 23.5. The Labute approximate surface area is 187 Å². The minimum Gasteiger partial charge on any atom is -0.483 e. The smallest absolute Gasteiger partial charge is 0.416 e. The van der Waals surface area contributed by atoms with Gasteiger partial charge in [0.05, 0.1) is 11.1 Å². The molecule has 3 aromatic carbocycles. The molecule has 9 heteroatoms. The maximum Gasteiger partial charge on any atom is 0.416 e. The number of benzene rings is 3. The molecule has 0 heterocycles. The van der Waals surface area contributed by atoms with E-state index in [4.69, 9.17) is 4.74 Å². The van der Waals surface area contributed by atoms with E-state index in [-0.39, 0.29) is 22.8 Å². The molecule has 0 aliphatic rings. The maximum absolute atomic E-state index is 12.8. The summed E-state index contributed by atoms with van der Waals surface area (Å²) in [6.07, 6.45) is -4.53. The molecule has 0 unspecified atom stereocenters. The number of ketones is 1. The number of nitrogens with one attached hydrogen (secondary N) is 2. The van der Waals surface area contributed by atoms with E-state index in [9.17, 15) is 27.6 Å². The topological polar surface area (TPSA) is 84.5 Å². The number of anilines is 2. The predicted octanol–water partition coefficient (Wildman–Crippen LogP) is 5.18. The molecule has 2 N–H and O–H groups in total. The van der Waals surface area contributed by atoms with Crippen molar-refractivity contribution in [3.8, 4) is 5.75 Å². The van der Waals surface area contributed by atoms with Gasteiger partial charge in [-0.15, -0.1) is 0 Å². The van der Waals surface area contributed by atoms with Crippen LogP contribution in [0.4, 0.5) is 24.5 Å². The van der Waals surface area contributed by atoms with Gasteiger partial charge in [-0.05, 0) is 49.4 Å². The number of alkyl halides is 3. The van der Waals surface area contributed by atoms with Crippen molar-refractivity contribution in [2.24, 2.45) is 0 Å². The van der Waals surface area contributed by atoms with Crippen LogP contribution in [0.15, 0.2) is 72.8 Å². The van der Waals surface area contributed by atoms with E-state index in [0.717, 1.165) is 12.1 Å². The first-order chi connectivity index (χ1) is 15.6. The molecule has 0 bridgehead atoms. The zero-order chi connectivity index (χ0) is 24.0. The SMILES string of the molecule is CC(=O)c1cccc(NC(=O)c2ccccc2OCC(=O)Nc2cccc(C(F)(F)F)c2)c1. The van der Waals surface area contributed by atoms with Gasteiger partial charge in [0, 0.05) is 16.9 Å². The summed E-state index contributed by atoms with van der Waals surface area (Å²) in [4.78, 5) is 36.4. The number of amides is 2. The predicted molar refractivity (Wildman–Crippen MR) is 116 cm³/mol. The van der Waals surface area contributed by atoms with E-state index in [0.29, 0.717) is 11.3 Å². The molecule has 3 rings (SSSR count). The summed E-state index contributed by atoms with van der Waals surface area (Å²) in [6, 6.07) is 16.8. The van der Waals surface area contributed by atoms with Crippen LogP contribution in [0.1, 0.15) is 33.2 Å². The van der Waals surface area contributed by atoms with Crippen molar-refractivity contribution in [2.45, 2.75) is 13.1 Å². The Morgan fingerprint density at radius 3 is 2.21 bits per heavy atom. The summed E-state index contributed by atoms with van der Waals surface area (Å²) < 4.78 is 43.9. The number of Topliss-reactive ketones (excluding diaryl/α,β-unsaturated/α-hetero) is 1. The average molecular weight is 456 g/mol. The van der Waals surface area contributed by atoms with Gasteiger partial charge in [0.15, 0.2) is 12.4 Å². The van der Waals surface area contributed by atoms with E-state index < -0.39 is 30.2 Å². The first-order valence-corrected chi connectivity index (χ1v) is 9.75. The van der Waals surface area contributed by atoms with Gasteiger partial charge in [0.1, 0.15) is 5.75 Å². The lowest BCUT2D eigenvalue weighted by atomic mass is 10.1. The number of halogens is 3. The Kier molecular flexibility index (Phi) is 7.12. The lowest BCUT2D eigenvalue weighted by Gasteiger charge is -2.13. The highest BCUT2D eigenvalue weighted by Crippen LogP contribution is 2.30. The van der Waals surface area contributed by atoms with Crippen LogP contribution in [0.2, 0.25) is 0 Å². The van der Waals surface area contributed by atoms with E-state index in [1.165, 1.54) is 37.3 Å². The van der Waals surface area contributed by atoms with Gasteiger partial charge < -0.3 is 15.4 Å². The Bertz CT molecular complexity index is 1190. The molecule has 0 spiro atoms. The highest BCUT2D eigenvalue weighted by atomic mass is 19.4. The first-order valence-electron chi connectivity index (χ1n) is 9.75. The molecule has 0 saturated carbocycles. The summed E-state index contributed by atoms with van der Waals surface area (Å²) in [5, 5.41) is 5.00. The number of ether oxygens (including phenoxy) is 1. The molecule has 33 heavy (non-hydrogen) atoms. The van der Waals surface area contributed by atoms with Gasteiger partial charge in [-0.2, -0.15) is 13.2 Å². The molecule has 3 aromatic rings. The van der Waals surface area contributed by atoms with Gasteiger partial charge >= 0.3 is 6.18 Å². The largest absolute Gasteiger partial charge is 0.483 e. The number of carbonyl (C=O) groups excluding carboxylic acids is 3. The standard InChI is InChI=1S/C24H19F3N2O4/c1-15(30)16-6-4-8-18(12-16)29-23(32)20-10-2-3-11-21(20)33-14-22(31)28-19-9-5-7-17(13-19)24(25,26)27/h2-13H,14H2,1H3,(H,28,31)(H,29,32). The summed E-state index contributed by atoms with van der Waals surface area (Å²) in [7, 11) is 0. The fourth-order valence-electron chi connectivity index (χ4n) is 2.91. The van der Waals surface area contributed by atoms with E-state index in [1.54, 1.807) is 30.3 Å². The fourth-order valence-corrected chi connectivity index (χ4v) is 2.91. The van der Waals surface area contributed by atoms with Crippen molar-refractivity contribution >= 4 is 29.0 Å². The minimum atomic E-state index is -4.53. The number of hydrogen-bond acceptors (Lipinski definition) is 4. The molecule has 170 valence electrons. The number of carbonyl (C=O) groups is 3. The molecule has 2 amide bonds. The third-order valence-electron chi connectivity index (χ3n) is 4.49. The lowest BCUT2D eigenvalue weighted by Crippen LogP contribution is -2.22. The van der Waals surface area contributed by atoms with Gasteiger partial charge in [0.25, 0.3) is 11.8 Å². The lowest BCUT2D eigenvalue weighted by molar-refractivity contribution is -0.137. The Balaban J connectivity index is 1.66. The van der Waals surface area contributed by atoms with Gasteiger partial charge in [-0.1, -0.05) is 30.3 Å². The van der Waals surface area contributed by atoms with Crippen molar-refractivity contribution in [1.29, 1.82) is 0 Å².